The molecule has 3 rings (SSSR count). The Morgan fingerprint density at radius 3 is 2.76 bits per heavy atom. The highest BCUT2D eigenvalue weighted by Gasteiger charge is 2.16. The van der Waals surface area contributed by atoms with Gasteiger partial charge in [0.15, 0.2) is 6.19 Å². The van der Waals surface area contributed by atoms with Crippen LogP contribution >= 0.6 is 0 Å². The number of aromatic nitrogens is 2. The van der Waals surface area contributed by atoms with Crippen LogP contribution in [0.4, 0.5) is 5.69 Å². The zero-order chi connectivity index (χ0) is 17.6. The van der Waals surface area contributed by atoms with E-state index in [4.69, 9.17) is 9.15 Å². The summed E-state index contributed by atoms with van der Waals surface area (Å²) in [6, 6.07) is 15.3. The largest absolute Gasteiger partial charge is 0.496 e. The molecule has 6 nitrogen and oxygen atoms in total. The van der Waals surface area contributed by atoms with Crippen molar-refractivity contribution in [3.8, 4) is 23.4 Å². The van der Waals surface area contributed by atoms with Crippen LogP contribution in [0.25, 0.3) is 11.5 Å². The molecule has 0 aliphatic heterocycles. The second kappa shape index (κ2) is 7.49. The van der Waals surface area contributed by atoms with Crippen molar-refractivity contribution in [1.82, 2.24) is 10.2 Å². The van der Waals surface area contributed by atoms with Gasteiger partial charge in [-0.3, -0.25) is 4.90 Å². The van der Waals surface area contributed by atoms with Crippen molar-refractivity contribution in [2.75, 3.05) is 12.0 Å². The lowest BCUT2D eigenvalue weighted by Gasteiger charge is -2.14. The molecule has 1 aromatic heterocycles. The van der Waals surface area contributed by atoms with Crippen LogP contribution in [0.1, 0.15) is 18.4 Å². The first kappa shape index (κ1) is 16.5. The average molecular weight is 334 g/mol. The van der Waals surface area contributed by atoms with Crippen LogP contribution in [-0.2, 0) is 13.0 Å². The molecule has 6 heteroatoms. The summed E-state index contributed by atoms with van der Waals surface area (Å²) in [5.41, 5.74) is 2.69. The smallest absolute Gasteiger partial charge is 0.251 e. The third-order valence-electron chi connectivity index (χ3n) is 3.85. The van der Waals surface area contributed by atoms with Gasteiger partial charge in [0, 0.05) is 0 Å². The Morgan fingerprint density at radius 1 is 1.16 bits per heavy atom. The maximum atomic E-state index is 9.48. The molecule has 1 heterocycles. The molecule has 0 atom stereocenters. The van der Waals surface area contributed by atoms with Crippen LogP contribution in [0.15, 0.2) is 52.9 Å². The SMILES string of the molecule is CCc1cccc(N(C#N)Cc2nnc(-c3ccccc3OC)o2)c1. The Bertz CT molecular complexity index is 898. The molecule has 0 aliphatic rings. The number of anilines is 1. The van der Waals surface area contributed by atoms with E-state index in [0.29, 0.717) is 17.5 Å². The summed E-state index contributed by atoms with van der Waals surface area (Å²) in [5.74, 6) is 1.39. The van der Waals surface area contributed by atoms with E-state index < -0.39 is 0 Å². The van der Waals surface area contributed by atoms with Gasteiger partial charge in [0.05, 0.1) is 18.4 Å². The van der Waals surface area contributed by atoms with Crippen LogP contribution in [0, 0.1) is 11.5 Å². The fraction of sp³-hybridized carbons (Fsp3) is 0.211. The highest BCUT2D eigenvalue weighted by molar-refractivity contribution is 5.62. The molecule has 25 heavy (non-hydrogen) atoms. The van der Waals surface area contributed by atoms with Crippen LogP contribution in [-0.4, -0.2) is 17.3 Å². The Morgan fingerprint density at radius 2 is 2.00 bits per heavy atom. The van der Waals surface area contributed by atoms with Crippen molar-refractivity contribution in [2.45, 2.75) is 19.9 Å². The van der Waals surface area contributed by atoms with E-state index in [1.807, 2.05) is 48.5 Å². The molecule has 0 spiro atoms. The van der Waals surface area contributed by atoms with Gasteiger partial charge in [0.2, 0.25) is 5.89 Å². The fourth-order valence-electron chi connectivity index (χ4n) is 2.51. The molecular weight excluding hydrogens is 316 g/mol. The standard InChI is InChI=1S/C19H18N4O2/c1-3-14-7-6-8-15(11-14)23(13-20)12-18-21-22-19(25-18)16-9-4-5-10-17(16)24-2/h4-11H,3,12H2,1-2H3. The molecule has 0 N–H and O–H groups in total. The maximum Gasteiger partial charge on any atom is 0.251 e. The molecule has 0 bridgehead atoms. The second-order valence-electron chi connectivity index (χ2n) is 5.41. The normalized spacial score (nSPS) is 10.3. The first-order valence-corrected chi connectivity index (χ1v) is 7.97. The molecule has 3 aromatic rings. The molecule has 0 unspecified atom stereocenters. The van der Waals surface area contributed by atoms with Gasteiger partial charge in [0.1, 0.15) is 12.3 Å². The topological polar surface area (TPSA) is 75.2 Å². The van der Waals surface area contributed by atoms with E-state index in [2.05, 4.69) is 23.3 Å². The first-order valence-electron chi connectivity index (χ1n) is 7.97. The van der Waals surface area contributed by atoms with E-state index in [9.17, 15) is 5.26 Å². The Balaban J connectivity index is 1.83. The molecular formula is C19H18N4O2. The van der Waals surface area contributed by atoms with Gasteiger partial charge >= 0.3 is 0 Å². The number of ether oxygens (including phenoxy) is 1. The Kier molecular flexibility index (Phi) is 4.95. The summed E-state index contributed by atoms with van der Waals surface area (Å²) in [6.07, 6.45) is 3.08. The molecule has 0 aliphatic carbocycles. The molecule has 0 saturated carbocycles. The summed E-state index contributed by atoms with van der Waals surface area (Å²) in [5, 5.41) is 17.6. The van der Waals surface area contributed by atoms with Crippen LogP contribution in [0.5, 0.6) is 5.75 Å². The van der Waals surface area contributed by atoms with E-state index in [1.165, 1.54) is 4.90 Å². The van der Waals surface area contributed by atoms with Gasteiger partial charge in [-0.25, -0.2) is 0 Å². The van der Waals surface area contributed by atoms with Crippen molar-refractivity contribution in [3.05, 3.63) is 60.0 Å². The number of rotatable bonds is 6. The minimum absolute atomic E-state index is 0.214. The minimum atomic E-state index is 0.214. The quantitative estimate of drug-likeness (QED) is 0.504. The highest BCUT2D eigenvalue weighted by Crippen LogP contribution is 2.28. The van der Waals surface area contributed by atoms with Crippen molar-refractivity contribution in [1.29, 1.82) is 5.26 Å². The third kappa shape index (κ3) is 3.61. The molecule has 2 aromatic carbocycles. The lowest BCUT2D eigenvalue weighted by atomic mass is 10.1. The zero-order valence-electron chi connectivity index (χ0n) is 14.1. The van der Waals surface area contributed by atoms with E-state index >= 15 is 0 Å². The van der Waals surface area contributed by atoms with E-state index in [-0.39, 0.29) is 6.54 Å². The van der Waals surface area contributed by atoms with Crippen molar-refractivity contribution in [3.63, 3.8) is 0 Å². The van der Waals surface area contributed by atoms with E-state index in [0.717, 1.165) is 23.2 Å². The Labute approximate surface area is 146 Å². The minimum Gasteiger partial charge on any atom is -0.496 e. The summed E-state index contributed by atoms with van der Waals surface area (Å²) in [6.45, 7) is 2.29. The molecule has 126 valence electrons. The van der Waals surface area contributed by atoms with Crippen LogP contribution < -0.4 is 9.64 Å². The van der Waals surface area contributed by atoms with Gasteiger partial charge < -0.3 is 9.15 Å². The lowest BCUT2D eigenvalue weighted by Crippen LogP contribution is -2.16. The lowest BCUT2D eigenvalue weighted by molar-refractivity contribution is 0.413. The van der Waals surface area contributed by atoms with Crippen molar-refractivity contribution >= 4 is 5.69 Å². The summed E-state index contributed by atoms with van der Waals surface area (Å²) >= 11 is 0. The highest BCUT2D eigenvalue weighted by atomic mass is 16.5. The third-order valence-corrected chi connectivity index (χ3v) is 3.85. The number of hydrogen-bond acceptors (Lipinski definition) is 6. The Hall–Kier alpha value is -3.33. The summed E-state index contributed by atoms with van der Waals surface area (Å²) < 4.78 is 11.0. The van der Waals surface area contributed by atoms with E-state index in [1.54, 1.807) is 7.11 Å². The average Bonchev–Trinajstić information content (AvgIpc) is 3.14. The molecule has 0 radical (unpaired) electrons. The summed E-state index contributed by atoms with van der Waals surface area (Å²) in [7, 11) is 1.59. The number of nitriles is 1. The van der Waals surface area contributed by atoms with Gasteiger partial charge in [-0.05, 0) is 36.2 Å². The predicted octanol–water partition coefficient (Wildman–Crippen LogP) is 3.80. The number of hydrogen-bond donors (Lipinski definition) is 0. The van der Waals surface area contributed by atoms with Crippen molar-refractivity contribution < 1.29 is 9.15 Å². The van der Waals surface area contributed by atoms with Crippen LogP contribution in [0.3, 0.4) is 0 Å². The number of benzene rings is 2. The number of para-hydroxylation sites is 1. The molecule has 0 fully saturated rings. The number of methoxy groups -OCH3 is 1. The van der Waals surface area contributed by atoms with Crippen molar-refractivity contribution in [2.24, 2.45) is 0 Å². The first-order chi connectivity index (χ1) is 12.2. The number of nitrogens with zero attached hydrogens (tertiary/aromatic N) is 4. The monoisotopic (exact) mass is 334 g/mol. The van der Waals surface area contributed by atoms with Crippen LogP contribution in [0.2, 0.25) is 0 Å². The second-order valence-corrected chi connectivity index (χ2v) is 5.41. The van der Waals surface area contributed by atoms with Gasteiger partial charge in [-0.2, -0.15) is 5.26 Å². The maximum absolute atomic E-state index is 9.48. The predicted molar refractivity (Wildman–Crippen MR) is 93.9 cm³/mol. The van der Waals surface area contributed by atoms with Gasteiger partial charge in [-0.15, -0.1) is 10.2 Å². The summed E-state index contributed by atoms with van der Waals surface area (Å²) in [4.78, 5) is 1.53. The van der Waals surface area contributed by atoms with Gasteiger partial charge in [0.25, 0.3) is 5.89 Å². The number of aryl methyl sites for hydroxylation is 1. The zero-order valence-corrected chi connectivity index (χ0v) is 14.1. The molecule has 0 saturated heterocycles. The van der Waals surface area contributed by atoms with Gasteiger partial charge in [-0.1, -0.05) is 31.2 Å². The molecule has 0 amide bonds. The fourth-order valence-corrected chi connectivity index (χ4v) is 2.51.